The summed E-state index contributed by atoms with van der Waals surface area (Å²) >= 11 is 0. The Bertz CT molecular complexity index is 951. The number of rotatable bonds is 5. The van der Waals surface area contributed by atoms with Crippen molar-refractivity contribution in [1.29, 1.82) is 0 Å². The summed E-state index contributed by atoms with van der Waals surface area (Å²) in [6.07, 6.45) is 1.24. The number of anilines is 2. The zero-order chi connectivity index (χ0) is 17.8. The number of methoxy groups -OCH3 is 1. The van der Waals surface area contributed by atoms with E-state index in [9.17, 15) is 4.79 Å². The molecule has 0 unspecified atom stereocenters. The quantitative estimate of drug-likeness (QED) is 0.697. The van der Waals surface area contributed by atoms with Crippen LogP contribution in [0.15, 0.2) is 61.2 Å². The molecule has 0 spiro atoms. The normalized spacial score (nSPS) is 10.6. The molecule has 1 heterocycles. The third-order valence-corrected chi connectivity index (χ3v) is 3.90. The predicted molar refractivity (Wildman–Crippen MR) is 101 cm³/mol. The molecule has 0 aliphatic carbocycles. The molecule has 0 fully saturated rings. The molecule has 3 rings (SSSR count). The van der Waals surface area contributed by atoms with Gasteiger partial charge in [0.05, 0.1) is 12.1 Å². The minimum atomic E-state index is -0.262. The summed E-state index contributed by atoms with van der Waals surface area (Å²) in [5, 5.41) is 3.85. The minimum absolute atomic E-state index is 0.262. The van der Waals surface area contributed by atoms with Gasteiger partial charge >= 0.3 is 0 Å². The molecule has 25 heavy (non-hydrogen) atoms. The molecule has 0 saturated heterocycles. The highest BCUT2D eigenvalue weighted by atomic mass is 16.5. The first-order valence-corrected chi connectivity index (χ1v) is 7.82. The van der Waals surface area contributed by atoms with Crippen LogP contribution in [-0.4, -0.2) is 18.0 Å². The Labute approximate surface area is 146 Å². The molecule has 2 aromatic carbocycles. The van der Waals surface area contributed by atoms with Crippen molar-refractivity contribution < 1.29 is 9.53 Å². The van der Waals surface area contributed by atoms with E-state index in [0.717, 1.165) is 27.6 Å². The molecule has 5 heteroatoms. The lowest BCUT2D eigenvalue weighted by atomic mass is 10.0. The Hall–Kier alpha value is -3.18. The Morgan fingerprint density at radius 2 is 1.92 bits per heavy atom. The van der Waals surface area contributed by atoms with Gasteiger partial charge < -0.3 is 15.8 Å². The van der Waals surface area contributed by atoms with E-state index >= 15 is 0 Å². The van der Waals surface area contributed by atoms with Gasteiger partial charge in [-0.3, -0.25) is 4.79 Å². The lowest BCUT2D eigenvalue weighted by Crippen LogP contribution is -2.10. The number of amides is 1. The van der Waals surface area contributed by atoms with Gasteiger partial charge in [0.25, 0.3) is 0 Å². The SMILES string of the molecule is C=CC(=O)Nc1cc(-c2ccc3ccc(N)nc3c2)ccc1COC. The molecule has 3 aromatic rings. The number of nitrogens with zero attached hydrogens (tertiary/aromatic N) is 1. The van der Waals surface area contributed by atoms with Crippen LogP contribution in [0, 0.1) is 0 Å². The van der Waals surface area contributed by atoms with E-state index in [0.29, 0.717) is 18.1 Å². The van der Waals surface area contributed by atoms with E-state index in [1.165, 1.54) is 6.08 Å². The number of pyridine rings is 1. The highest BCUT2D eigenvalue weighted by Gasteiger charge is 2.08. The van der Waals surface area contributed by atoms with E-state index in [4.69, 9.17) is 10.5 Å². The third kappa shape index (κ3) is 3.67. The fraction of sp³-hybridized carbons (Fsp3) is 0.100. The van der Waals surface area contributed by atoms with Crippen LogP contribution < -0.4 is 11.1 Å². The molecule has 0 bridgehead atoms. The summed E-state index contributed by atoms with van der Waals surface area (Å²) in [6, 6.07) is 15.6. The van der Waals surface area contributed by atoms with Crippen molar-refractivity contribution in [2.75, 3.05) is 18.2 Å². The molecule has 1 aromatic heterocycles. The second-order valence-electron chi connectivity index (χ2n) is 5.64. The average Bonchev–Trinajstić information content (AvgIpc) is 2.62. The highest BCUT2D eigenvalue weighted by molar-refractivity contribution is 6.00. The van der Waals surface area contributed by atoms with Crippen molar-refractivity contribution in [3.8, 4) is 11.1 Å². The summed E-state index contributed by atoms with van der Waals surface area (Å²) in [4.78, 5) is 16.1. The van der Waals surface area contributed by atoms with Crippen LogP contribution in [0.3, 0.4) is 0 Å². The van der Waals surface area contributed by atoms with Crippen molar-refractivity contribution >= 4 is 28.3 Å². The number of hydrogen-bond acceptors (Lipinski definition) is 4. The van der Waals surface area contributed by atoms with Crippen LogP contribution in [0.2, 0.25) is 0 Å². The molecule has 0 atom stereocenters. The first-order valence-electron chi connectivity index (χ1n) is 7.82. The zero-order valence-electron chi connectivity index (χ0n) is 14.0. The Morgan fingerprint density at radius 3 is 2.68 bits per heavy atom. The maximum absolute atomic E-state index is 11.7. The van der Waals surface area contributed by atoms with E-state index in [2.05, 4.69) is 16.9 Å². The minimum Gasteiger partial charge on any atom is -0.384 e. The second-order valence-corrected chi connectivity index (χ2v) is 5.64. The molecular formula is C20H19N3O2. The van der Waals surface area contributed by atoms with Crippen LogP contribution in [0.4, 0.5) is 11.5 Å². The number of nitrogens with two attached hydrogens (primary N) is 1. The lowest BCUT2D eigenvalue weighted by Gasteiger charge is -2.12. The van der Waals surface area contributed by atoms with Gasteiger partial charge in [-0.25, -0.2) is 4.98 Å². The summed E-state index contributed by atoms with van der Waals surface area (Å²) in [6.45, 7) is 3.90. The maximum atomic E-state index is 11.7. The molecule has 0 aliphatic heterocycles. The van der Waals surface area contributed by atoms with Crippen molar-refractivity contribution in [3.05, 3.63) is 66.7 Å². The summed E-state index contributed by atoms with van der Waals surface area (Å²) < 4.78 is 5.20. The van der Waals surface area contributed by atoms with Crippen molar-refractivity contribution in [2.24, 2.45) is 0 Å². The lowest BCUT2D eigenvalue weighted by molar-refractivity contribution is -0.111. The fourth-order valence-corrected chi connectivity index (χ4v) is 2.65. The number of carbonyl (C=O) groups is 1. The van der Waals surface area contributed by atoms with Gasteiger partial charge in [0, 0.05) is 23.7 Å². The van der Waals surface area contributed by atoms with Gasteiger partial charge in [-0.05, 0) is 41.5 Å². The molecule has 5 nitrogen and oxygen atoms in total. The van der Waals surface area contributed by atoms with Gasteiger partial charge in [0.2, 0.25) is 5.91 Å². The van der Waals surface area contributed by atoms with Gasteiger partial charge in [0.15, 0.2) is 0 Å². The van der Waals surface area contributed by atoms with Crippen LogP contribution in [0.25, 0.3) is 22.0 Å². The number of benzene rings is 2. The molecule has 1 amide bonds. The first kappa shape index (κ1) is 16.7. The number of nitrogen functional groups attached to an aromatic ring is 1. The van der Waals surface area contributed by atoms with Gasteiger partial charge in [-0.1, -0.05) is 30.8 Å². The maximum Gasteiger partial charge on any atom is 0.247 e. The summed E-state index contributed by atoms with van der Waals surface area (Å²) in [5.41, 5.74) is 10.2. The second kappa shape index (κ2) is 7.15. The van der Waals surface area contributed by atoms with Crippen molar-refractivity contribution in [3.63, 3.8) is 0 Å². The number of fused-ring (bicyclic) bond motifs is 1. The number of ether oxygens (including phenoxy) is 1. The molecule has 126 valence electrons. The summed E-state index contributed by atoms with van der Waals surface area (Å²) in [7, 11) is 1.62. The molecular weight excluding hydrogens is 314 g/mol. The molecule has 0 aliphatic rings. The van der Waals surface area contributed by atoms with Crippen LogP contribution >= 0.6 is 0 Å². The fourth-order valence-electron chi connectivity index (χ4n) is 2.65. The van der Waals surface area contributed by atoms with E-state index < -0.39 is 0 Å². The van der Waals surface area contributed by atoms with E-state index in [1.807, 2.05) is 42.5 Å². The molecule has 0 radical (unpaired) electrons. The monoisotopic (exact) mass is 333 g/mol. The number of carbonyl (C=O) groups excluding carboxylic acids is 1. The van der Waals surface area contributed by atoms with E-state index in [-0.39, 0.29) is 5.91 Å². The Balaban J connectivity index is 2.05. The predicted octanol–water partition coefficient (Wildman–Crippen LogP) is 3.75. The van der Waals surface area contributed by atoms with Crippen LogP contribution in [-0.2, 0) is 16.1 Å². The molecule has 0 saturated carbocycles. The first-order chi connectivity index (χ1) is 12.1. The zero-order valence-corrected chi connectivity index (χ0v) is 14.0. The Kier molecular flexibility index (Phi) is 4.77. The van der Waals surface area contributed by atoms with Gasteiger partial charge in [0.1, 0.15) is 5.82 Å². The van der Waals surface area contributed by atoms with Crippen LogP contribution in [0.5, 0.6) is 0 Å². The van der Waals surface area contributed by atoms with Crippen molar-refractivity contribution in [2.45, 2.75) is 6.61 Å². The summed E-state index contributed by atoms with van der Waals surface area (Å²) in [5.74, 6) is 0.224. The number of aromatic nitrogens is 1. The van der Waals surface area contributed by atoms with Crippen LogP contribution in [0.1, 0.15) is 5.56 Å². The third-order valence-electron chi connectivity index (χ3n) is 3.90. The highest BCUT2D eigenvalue weighted by Crippen LogP contribution is 2.28. The van der Waals surface area contributed by atoms with Gasteiger partial charge in [-0.2, -0.15) is 0 Å². The number of hydrogen-bond donors (Lipinski definition) is 2. The standard InChI is InChI=1S/C20H19N3O2/c1-3-20(24)23-18-11-15(6-7-16(18)12-25-2)14-5-4-13-8-9-19(21)22-17(13)10-14/h3-11H,1,12H2,2H3,(H2,21,22)(H,23,24). The molecule has 3 N–H and O–H groups in total. The number of nitrogens with one attached hydrogen (secondary N) is 1. The average molecular weight is 333 g/mol. The Morgan fingerprint density at radius 1 is 1.20 bits per heavy atom. The van der Waals surface area contributed by atoms with Gasteiger partial charge in [-0.15, -0.1) is 0 Å². The van der Waals surface area contributed by atoms with Crippen molar-refractivity contribution in [1.82, 2.24) is 4.98 Å². The smallest absolute Gasteiger partial charge is 0.247 e. The topological polar surface area (TPSA) is 77.2 Å². The van der Waals surface area contributed by atoms with E-state index in [1.54, 1.807) is 13.2 Å². The largest absolute Gasteiger partial charge is 0.384 e.